The molecule has 0 amide bonds. The molecule has 1 fully saturated rings. The SMILES string of the molecule is NC(=S)C(c1ccsc1)N1CCN(CCO)CC1. The number of hydrogen-bond acceptors (Lipinski definition) is 5. The number of hydrogen-bond donors (Lipinski definition) is 2. The summed E-state index contributed by atoms with van der Waals surface area (Å²) in [4.78, 5) is 5.14. The second-order valence-corrected chi connectivity index (χ2v) is 5.71. The summed E-state index contributed by atoms with van der Waals surface area (Å²) in [6, 6.07) is 2.15. The summed E-state index contributed by atoms with van der Waals surface area (Å²) >= 11 is 6.89. The minimum atomic E-state index is 0.0579. The van der Waals surface area contributed by atoms with E-state index < -0.39 is 0 Å². The largest absolute Gasteiger partial charge is 0.395 e. The number of aliphatic hydroxyl groups excluding tert-OH is 1. The highest BCUT2D eigenvalue weighted by atomic mass is 32.1. The Morgan fingerprint density at radius 2 is 2.17 bits per heavy atom. The van der Waals surface area contributed by atoms with Crippen LogP contribution in [0.3, 0.4) is 0 Å². The highest BCUT2D eigenvalue weighted by molar-refractivity contribution is 7.80. The Kier molecular flexibility index (Phi) is 5.08. The van der Waals surface area contributed by atoms with Gasteiger partial charge in [0.2, 0.25) is 0 Å². The fourth-order valence-corrected chi connectivity index (χ4v) is 3.34. The van der Waals surface area contributed by atoms with Gasteiger partial charge in [-0.05, 0) is 22.4 Å². The van der Waals surface area contributed by atoms with Crippen LogP contribution < -0.4 is 5.73 Å². The molecule has 2 rings (SSSR count). The topological polar surface area (TPSA) is 52.7 Å². The van der Waals surface area contributed by atoms with Gasteiger partial charge in [0, 0.05) is 32.7 Å². The summed E-state index contributed by atoms with van der Waals surface area (Å²) in [7, 11) is 0. The van der Waals surface area contributed by atoms with Crippen molar-refractivity contribution in [3.8, 4) is 0 Å². The molecule has 18 heavy (non-hydrogen) atoms. The second-order valence-electron chi connectivity index (χ2n) is 4.46. The summed E-state index contributed by atoms with van der Waals surface area (Å²) in [5, 5.41) is 13.1. The zero-order chi connectivity index (χ0) is 13.0. The van der Waals surface area contributed by atoms with E-state index in [9.17, 15) is 0 Å². The van der Waals surface area contributed by atoms with Crippen LogP contribution in [0.15, 0.2) is 16.8 Å². The van der Waals surface area contributed by atoms with Crippen LogP contribution in [0.5, 0.6) is 0 Å². The summed E-state index contributed by atoms with van der Waals surface area (Å²) in [5.74, 6) is 0. The molecule has 1 aromatic heterocycles. The van der Waals surface area contributed by atoms with Gasteiger partial charge in [0.05, 0.1) is 17.6 Å². The lowest BCUT2D eigenvalue weighted by Crippen LogP contribution is -2.50. The van der Waals surface area contributed by atoms with E-state index in [1.807, 2.05) is 0 Å². The molecule has 0 saturated carbocycles. The monoisotopic (exact) mass is 285 g/mol. The van der Waals surface area contributed by atoms with Crippen LogP contribution in [0, 0.1) is 0 Å². The fraction of sp³-hybridized carbons (Fsp3) is 0.583. The molecule has 100 valence electrons. The Hall–Kier alpha value is -0.530. The van der Waals surface area contributed by atoms with Crippen LogP contribution in [0.4, 0.5) is 0 Å². The fourth-order valence-electron chi connectivity index (χ4n) is 2.37. The minimum Gasteiger partial charge on any atom is -0.395 e. The first-order valence-corrected chi connectivity index (χ1v) is 7.46. The number of rotatable bonds is 5. The molecule has 2 heterocycles. The van der Waals surface area contributed by atoms with Crippen molar-refractivity contribution in [3.63, 3.8) is 0 Å². The van der Waals surface area contributed by atoms with Gasteiger partial charge in [0.15, 0.2) is 0 Å². The third-order valence-electron chi connectivity index (χ3n) is 3.32. The second kappa shape index (κ2) is 6.58. The summed E-state index contributed by atoms with van der Waals surface area (Å²) in [6.45, 7) is 4.79. The van der Waals surface area contributed by atoms with Crippen molar-refractivity contribution in [1.29, 1.82) is 0 Å². The number of piperazine rings is 1. The maximum absolute atomic E-state index is 8.94. The smallest absolute Gasteiger partial charge is 0.0948 e. The van der Waals surface area contributed by atoms with Gasteiger partial charge in [-0.15, -0.1) is 0 Å². The number of β-amino-alcohol motifs (C(OH)–C–C–N with tert-alkyl or cyclic N) is 1. The molecular weight excluding hydrogens is 266 g/mol. The third-order valence-corrected chi connectivity index (χ3v) is 4.24. The molecule has 0 radical (unpaired) electrons. The summed E-state index contributed by atoms with van der Waals surface area (Å²) < 4.78 is 0. The number of thiophene rings is 1. The van der Waals surface area contributed by atoms with E-state index in [4.69, 9.17) is 23.1 Å². The number of thiocarbonyl (C=S) groups is 1. The molecule has 0 aliphatic carbocycles. The van der Waals surface area contributed by atoms with Crippen LogP contribution in [0.25, 0.3) is 0 Å². The lowest BCUT2D eigenvalue weighted by atomic mass is 10.1. The lowest BCUT2D eigenvalue weighted by Gasteiger charge is -2.38. The zero-order valence-corrected chi connectivity index (χ0v) is 11.9. The lowest BCUT2D eigenvalue weighted by molar-refractivity contribution is 0.101. The van der Waals surface area contributed by atoms with Gasteiger partial charge in [-0.1, -0.05) is 12.2 Å². The van der Waals surface area contributed by atoms with Gasteiger partial charge in [-0.25, -0.2) is 0 Å². The van der Waals surface area contributed by atoms with Crippen LogP contribution in [0.2, 0.25) is 0 Å². The van der Waals surface area contributed by atoms with Gasteiger partial charge < -0.3 is 10.8 Å². The first kappa shape index (κ1) is 13.9. The predicted octanol–water partition coefficient (Wildman–Crippen LogP) is 0.685. The molecule has 1 aliphatic rings. The van der Waals surface area contributed by atoms with Gasteiger partial charge in [0.1, 0.15) is 0 Å². The molecule has 1 atom stereocenters. The standard InChI is InChI=1S/C12H19N3OS2/c13-12(17)11(10-1-8-18-9-10)15-4-2-14(3-5-15)6-7-16/h1,8-9,11,16H,2-7H2,(H2,13,17). The molecule has 1 aromatic rings. The molecule has 1 aliphatic heterocycles. The van der Waals surface area contributed by atoms with Crippen molar-refractivity contribution < 1.29 is 5.11 Å². The molecule has 4 nitrogen and oxygen atoms in total. The molecule has 0 bridgehead atoms. The van der Waals surface area contributed by atoms with E-state index in [2.05, 4.69) is 26.6 Å². The van der Waals surface area contributed by atoms with E-state index in [1.165, 1.54) is 5.56 Å². The van der Waals surface area contributed by atoms with Crippen molar-refractivity contribution in [3.05, 3.63) is 22.4 Å². The highest BCUT2D eigenvalue weighted by Crippen LogP contribution is 2.24. The first-order chi connectivity index (χ1) is 8.72. The van der Waals surface area contributed by atoms with Crippen LogP contribution in [-0.4, -0.2) is 59.2 Å². The predicted molar refractivity (Wildman–Crippen MR) is 78.9 cm³/mol. The maximum Gasteiger partial charge on any atom is 0.0948 e. The van der Waals surface area contributed by atoms with Crippen LogP contribution in [-0.2, 0) is 0 Å². The Labute approximate surface area is 117 Å². The van der Waals surface area contributed by atoms with Gasteiger partial charge in [0.25, 0.3) is 0 Å². The highest BCUT2D eigenvalue weighted by Gasteiger charge is 2.26. The Bertz CT molecular complexity index is 375. The van der Waals surface area contributed by atoms with Gasteiger partial charge in [-0.3, -0.25) is 9.80 Å². The van der Waals surface area contributed by atoms with Crippen molar-refractivity contribution in [2.24, 2.45) is 5.73 Å². The molecule has 6 heteroatoms. The zero-order valence-electron chi connectivity index (χ0n) is 10.3. The maximum atomic E-state index is 8.94. The molecule has 1 unspecified atom stereocenters. The molecular formula is C12H19N3OS2. The average Bonchev–Trinajstić information content (AvgIpc) is 2.85. The van der Waals surface area contributed by atoms with Crippen molar-refractivity contribution in [2.75, 3.05) is 39.3 Å². The van der Waals surface area contributed by atoms with E-state index in [0.717, 1.165) is 32.7 Å². The van der Waals surface area contributed by atoms with Crippen molar-refractivity contribution in [2.45, 2.75) is 6.04 Å². The average molecular weight is 285 g/mol. The normalized spacial score (nSPS) is 19.8. The number of nitrogens with two attached hydrogens (primary N) is 1. The third kappa shape index (κ3) is 3.27. The van der Waals surface area contributed by atoms with E-state index in [-0.39, 0.29) is 12.6 Å². The molecule has 1 saturated heterocycles. The molecule has 3 N–H and O–H groups in total. The number of nitrogens with zero attached hydrogens (tertiary/aromatic N) is 2. The van der Waals surface area contributed by atoms with E-state index in [1.54, 1.807) is 11.3 Å². The van der Waals surface area contributed by atoms with Crippen LogP contribution in [0.1, 0.15) is 11.6 Å². The molecule has 0 spiro atoms. The van der Waals surface area contributed by atoms with Crippen molar-refractivity contribution >= 4 is 28.5 Å². The number of aliphatic hydroxyl groups is 1. The van der Waals surface area contributed by atoms with Crippen molar-refractivity contribution in [1.82, 2.24) is 9.80 Å². The Morgan fingerprint density at radius 1 is 1.44 bits per heavy atom. The Morgan fingerprint density at radius 3 is 2.67 bits per heavy atom. The summed E-state index contributed by atoms with van der Waals surface area (Å²) in [5.41, 5.74) is 7.09. The molecule has 0 aromatic carbocycles. The van der Waals surface area contributed by atoms with E-state index in [0.29, 0.717) is 4.99 Å². The van der Waals surface area contributed by atoms with Gasteiger partial charge >= 0.3 is 0 Å². The quantitative estimate of drug-likeness (QED) is 0.780. The minimum absolute atomic E-state index is 0.0579. The van der Waals surface area contributed by atoms with Gasteiger partial charge in [-0.2, -0.15) is 11.3 Å². The first-order valence-electron chi connectivity index (χ1n) is 6.11. The Balaban J connectivity index is 1.99. The van der Waals surface area contributed by atoms with E-state index >= 15 is 0 Å². The van der Waals surface area contributed by atoms with Crippen LogP contribution >= 0.6 is 23.6 Å². The summed E-state index contributed by atoms with van der Waals surface area (Å²) in [6.07, 6.45) is 0.